The summed E-state index contributed by atoms with van der Waals surface area (Å²) in [6.07, 6.45) is 3.76. The monoisotopic (exact) mass is 202 g/mol. The molecule has 0 radical (unpaired) electrons. The van der Waals surface area contributed by atoms with Gasteiger partial charge in [0.2, 0.25) is 0 Å². The standard InChI is InChI=1S/C11H22O3/c1-9(5-8-14-2)10(12)11(13)6-3-4-7-11/h9-10,12-13H,3-8H2,1-2H3. The second-order valence-corrected chi connectivity index (χ2v) is 4.51. The molecule has 0 amide bonds. The van der Waals surface area contributed by atoms with E-state index in [-0.39, 0.29) is 5.92 Å². The minimum Gasteiger partial charge on any atom is -0.390 e. The highest BCUT2D eigenvalue weighted by Gasteiger charge is 2.40. The molecule has 0 aromatic rings. The topological polar surface area (TPSA) is 49.7 Å². The molecule has 0 aliphatic heterocycles. The Morgan fingerprint density at radius 1 is 1.36 bits per heavy atom. The lowest BCUT2D eigenvalue weighted by molar-refractivity contribution is -0.0963. The highest BCUT2D eigenvalue weighted by molar-refractivity contribution is 4.92. The second-order valence-electron chi connectivity index (χ2n) is 4.51. The summed E-state index contributed by atoms with van der Waals surface area (Å²) in [6.45, 7) is 2.62. The summed E-state index contributed by atoms with van der Waals surface area (Å²) in [5.41, 5.74) is -0.826. The average molecular weight is 202 g/mol. The van der Waals surface area contributed by atoms with E-state index >= 15 is 0 Å². The van der Waals surface area contributed by atoms with Gasteiger partial charge in [-0.3, -0.25) is 0 Å². The maximum atomic E-state index is 10.1. The fraction of sp³-hybridized carbons (Fsp3) is 1.00. The summed E-state index contributed by atoms with van der Waals surface area (Å²) in [4.78, 5) is 0. The summed E-state index contributed by atoms with van der Waals surface area (Å²) >= 11 is 0. The van der Waals surface area contributed by atoms with Crippen molar-refractivity contribution in [3.8, 4) is 0 Å². The Labute approximate surface area is 86.1 Å². The van der Waals surface area contributed by atoms with Gasteiger partial charge in [0.1, 0.15) is 0 Å². The second kappa shape index (κ2) is 5.10. The molecule has 0 heterocycles. The Morgan fingerprint density at radius 3 is 2.43 bits per heavy atom. The van der Waals surface area contributed by atoms with Crippen LogP contribution in [-0.2, 0) is 4.74 Å². The van der Waals surface area contributed by atoms with E-state index in [1.54, 1.807) is 7.11 Å². The van der Waals surface area contributed by atoms with E-state index in [0.717, 1.165) is 32.1 Å². The van der Waals surface area contributed by atoms with Crippen molar-refractivity contribution in [2.75, 3.05) is 13.7 Å². The van der Waals surface area contributed by atoms with Crippen molar-refractivity contribution < 1.29 is 14.9 Å². The van der Waals surface area contributed by atoms with Crippen molar-refractivity contribution in [2.45, 2.75) is 50.7 Å². The predicted octanol–water partition coefficient (Wildman–Crippen LogP) is 1.32. The zero-order valence-electron chi connectivity index (χ0n) is 9.20. The maximum absolute atomic E-state index is 10.1. The number of hydrogen-bond acceptors (Lipinski definition) is 3. The average Bonchev–Trinajstić information content (AvgIpc) is 2.61. The molecule has 0 aromatic heterocycles. The van der Waals surface area contributed by atoms with Crippen molar-refractivity contribution in [3.05, 3.63) is 0 Å². The molecule has 0 saturated heterocycles. The number of rotatable bonds is 5. The van der Waals surface area contributed by atoms with Gasteiger partial charge in [-0.1, -0.05) is 19.8 Å². The van der Waals surface area contributed by atoms with Gasteiger partial charge < -0.3 is 14.9 Å². The van der Waals surface area contributed by atoms with E-state index < -0.39 is 11.7 Å². The van der Waals surface area contributed by atoms with Gasteiger partial charge in [0.15, 0.2) is 0 Å². The number of aliphatic hydroxyl groups is 2. The summed E-state index contributed by atoms with van der Waals surface area (Å²) in [7, 11) is 1.66. The van der Waals surface area contributed by atoms with Crippen molar-refractivity contribution in [2.24, 2.45) is 5.92 Å². The van der Waals surface area contributed by atoms with Crippen LogP contribution in [0.4, 0.5) is 0 Å². The van der Waals surface area contributed by atoms with Crippen LogP contribution in [0.2, 0.25) is 0 Å². The lowest BCUT2D eigenvalue weighted by atomic mass is 9.85. The molecule has 1 saturated carbocycles. The summed E-state index contributed by atoms with van der Waals surface area (Å²) < 4.78 is 4.97. The first-order valence-electron chi connectivity index (χ1n) is 5.49. The van der Waals surface area contributed by atoms with E-state index in [1.807, 2.05) is 6.92 Å². The van der Waals surface area contributed by atoms with Crippen LogP contribution in [0.1, 0.15) is 39.0 Å². The molecule has 3 nitrogen and oxygen atoms in total. The molecule has 3 heteroatoms. The third-order valence-electron chi connectivity index (χ3n) is 3.34. The van der Waals surface area contributed by atoms with E-state index in [4.69, 9.17) is 4.74 Å². The van der Waals surface area contributed by atoms with E-state index in [1.165, 1.54) is 0 Å². The maximum Gasteiger partial charge on any atom is 0.0908 e. The van der Waals surface area contributed by atoms with E-state index in [9.17, 15) is 10.2 Å². The fourth-order valence-electron chi connectivity index (χ4n) is 2.27. The molecule has 14 heavy (non-hydrogen) atoms. The van der Waals surface area contributed by atoms with E-state index in [0.29, 0.717) is 6.61 Å². The molecular formula is C11H22O3. The molecule has 0 aromatic carbocycles. The number of hydrogen-bond donors (Lipinski definition) is 2. The molecule has 2 N–H and O–H groups in total. The molecule has 1 rings (SSSR count). The summed E-state index contributed by atoms with van der Waals surface area (Å²) in [5, 5.41) is 20.1. The molecule has 1 fully saturated rings. The van der Waals surface area contributed by atoms with Gasteiger partial charge in [0.25, 0.3) is 0 Å². The van der Waals surface area contributed by atoms with Crippen LogP contribution in [0.15, 0.2) is 0 Å². The van der Waals surface area contributed by atoms with Gasteiger partial charge in [-0.25, -0.2) is 0 Å². The van der Waals surface area contributed by atoms with Crippen LogP contribution in [0.25, 0.3) is 0 Å². The molecule has 1 aliphatic carbocycles. The fourth-order valence-corrected chi connectivity index (χ4v) is 2.27. The third kappa shape index (κ3) is 2.69. The van der Waals surface area contributed by atoms with Crippen LogP contribution in [-0.4, -0.2) is 35.6 Å². The first-order chi connectivity index (χ1) is 6.60. The predicted molar refractivity (Wildman–Crippen MR) is 55.1 cm³/mol. The van der Waals surface area contributed by atoms with Crippen LogP contribution >= 0.6 is 0 Å². The van der Waals surface area contributed by atoms with Gasteiger partial charge in [0.05, 0.1) is 11.7 Å². The molecule has 0 bridgehead atoms. The Bertz CT molecular complexity index is 164. The molecular weight excluding hydrogens is 180 g/mol. The van der Waals surface area contributed by atoms with Crippen molar-refractivity contribution in [3.63, 3.8) is 0 Å². The van der Waals surface area contributed by atoms with E-state index in [2.05, 4.69) is 0 Å². The minimum absolute atomic E-state index is 0.109. The van der Waals surface area contributed by atoms with Gasteiger partial charge in [0, 0.05) is 13.7 Å². The quantitative estimate of drug-likeness (QED) is 0.707. The highest BCUT2D eigenvalue weighted by atomic mass is 16.5. The molecule has 2 atom stereocenters. The lowest BCUT2D eigenvalue weighted by Crippen LogP contribution is -2.43. The van der Waals surface area contributed by atoms with Crippen LogP contribution in [0.5, 0.6) is 0 Å². The van der Waals surface area contributed by atoms with Crippen molar-refractivity contribution in [1.29, 1.82) is 0 Å². The Balaban J connectivity index is 2.41. The Kier molecular flexibility index (Phi) is 4.35. The smallest absolute Gasteiger partial charge is 0.0908 e. The summed E-state index contributed by atoms with van der Waals surface area (Å²) in [5.74, 6) is 0.109. The van der Waals surface area contributed by atoms with Crippen LogP contribution in [0.3, 0.4) is 0 Å². The summed E-state index contributed by atoms with van der Waals surface area (Å²) in [6, 6.07) is 0. The Hall–Kier alpha value is -0.120. The van der Waals surface area contributed by atoms with Gasteiger partial charge in [-0.05, 0) is 25.2 Å². The number of aliphatic hydroxyl groups excluding tert-OH is 1. The largest absolute Gasteiger partial charge is 0.390 e. The zero-order chi connectivity index (χ0) is 10.6. The molecule has 0 spiro atoms. The first-order valence-corrected chi connectivity index (χ1v) is 5.49. The van der Waals surface area contributed by atoms with Gasteiger partial charge in [-0.2, -0.15) is 0 Å². The molecule has 1 aliphatic rings. The zero-order valence-corrected chi connectivity index (χ0v) is 9.20. The first kappa shape index (κ1) is 12.0. The third-order valence-corrected chi connectivity index (χ3v) is 3.34. The number of methoxy groups -OCH3 is 1. The molecule has 2 unspecified atom stereocenters. The van der Waals surface area contributed by atoms with Crippen LogP contribution < -0.4 is 0 Å². The normalized spacial score (nSPS) is 24.9. The van der Waals surface area contributed by atoms with Gasteiger partial charge >= 0.3 is 0 Å². The lowest BCUT2D eigenvalue weighted by Gasteiger charge is -2.32. The SMILES string of the molecule is COCCC(C)C(O)C1(O)CCCC1. The Morgan fingerprint density at radius 2 is 1.93 bits per heavy atom. The molecule has 84 valence electrons. The minimum atomic E-state index is -0.826. The van der Waals surface area contributed by atoms with Crippen molar-refractivity contribution >= 4 is 0 Å². The van der Waals surface area contributed by atoms with Crippen LogP contribution in [0, 0.1) is 5.92 Å². The van der Waals surface area contributed by atoms with Gasteiger partial charge in [-0.15, -0.1) is 0 Å². The van der Waals surface area contributed by atoms with Crippen molar-refractivity contribution in [1.82, 2.24) is 0 Å². The highest BCUT2D eigenvalue weighted by Crippen LogP contribution is 2.35. The number of ether oxygens (including phenoxy) is 1.